The summed E-state index contributed by atoms with van der Waals surface area (Å²) in [6.07, 6.45) is 0. The predicted octanol–water partition coefficient (Wildman–Crippen LogP) is 6.04. The van der Waals surface area contributed by atoms with E-state index in [2.05, 4.69) is 10.6 Å². The van der Waals surface area contributed by atoms with Crippen molar-refractivity contribution in [2.24, 2.45) is 0 Å². The fourth-order valence-corrected chi connectivity index (χ4v) is 4.20. The van der Waals surface area contributed by atoms with Crippen molar-refractivity contribution < 1.29 is 19.1 Å². The summed E-state index contributed by atoms with van der Waals surface area (Å²) in [6.45, 7) is 3.71. The molecule has 0 aliphatic carbocycles. The number of nitrogens with one attached hydrogen (secondary N) is 2. The first-order valence-electron chi connectivity index (χ1n) is 10.2. The number of ether oxygens (including phenoxy) is 2. The molecule has 2 amide bonds. The van der Waals surface area contributed by atoms with Crippen molar-refractivity contribution in [3.63, 3.8) is 0 Å². The second-order valence-electron chi connectivity index (χ2n) is 7.23. The second kappa shape index (κ2) is 11.1. The maximum atomic E-state index is 12.7. The van der Waals surface area contributed by atoms with Gasteiger partial charge in [-0.25, -0.2) is 0 Å². The van der Waals surface area contributed by atoms with Gasteiger partial charge in [-0.2, -0.15) is 0 Å². The normalized spacial score (nSPS) is 11.4. The highest BCUT2D eigenvalue weighted by molar-refractivity contribution is 8.00. The Kier molecular flexibility index (Phi) is 8.25. The molecule has 8 heteroatoms. The maximum absolute atomic E-state index is 12.7. The quantitative estimate of drug-likeness (QED) is 0.381. The second-order valence-corrected chi connectivity index (χ2v) is 9.05. The molecule has 0 radical (unpaired) electrons. The van der Waals surface area contributed by atoms with Crippen LogP contribution < -0.4 is 20.1 Å². The number of benzene rings is 3. The smallest absolute Gasteiger partial charge is 0.255 e. The Labute approximate surface area is 202 Å². The molecular formula is C25H25ClN2O4S. The fourth-order valence-electron chi connectivity index (χ4n) is 3.09. The lowest BCUT2D eigenvalue weighted by Gasteiger charge is -2.16. The van der Waals surface area contributed by atoms with E-state index in [0.29, 0.717) is 33.5 Å². The summed E-state index contributed by atoms with van der Waals surface area (Å²) >= 11 is 7.58. The molecule has 0 saturated carbocycles. The van der Waals surface area contributed by atoms with Gasteiger partial charge in [0.15, 0.2) is 0 Å². The van der Waals surface area contributed by atoms with Crippen molar-refractivity contribution >= 4 is 46.6 Å². The standard InChI is InChI=1S/C25H25ClN2O4S/c1-15-7-5-6-8-19(15)25(30)27-17-9-11-18(12-10-17)33-16(2)24(29)28-21-13-20(26)22(31-3)14-23(21)32-4/h5-14,16H,1-4H3,(H,27,30)(H,28,29). The van der Waals surface area contributed by atoms with E-state index in [1.807, 2.05) is 56.3 Å². The Morgan fingerprint density at radius 2 is 1.61 bits per heavy atom. The van der Waals surface area contributed by atoms with Crippen molar-refractivity contribution in [2.75, 3.05) is 24.9 Å². The van der Waals surface area contributed by atoms with E-state index in [1.165, 1.54) is 26.0 Å². The van der Waals surface area contributed by atoms with Gasteiger partial charge in [-0.05, 0) is 55.8 Å². The molecule has 3 aromatic carbocycles. The molecule has 33 heavy (non-hydrogen) atoms. The van der Waals surface area contributed by atoms with E-state index in [0.717, 1.165) is 10.5 Å². The molecule has 2 N–H and O–H groups in total. The minimum atomic E-state index is -0.386. The number of methoxy groups -OCH3 is 2. The summed E-state index contributed by atoms with van der Waals surface area (Å²) in [4.78, 5) is 26.1. The van der Waals surface area contributed by atoms with Gasteiger partial charge < -0.3 is 20.1 Å². The van der Waals surface area contributed by atoms with Crippen LogP contribution >= 0.6 is 23.4 Å². The number of anilines is 2. The lowest BCUT2D eigenvalue weighted by atomic mass is 10.1. The molecule has 3 rings (SSSR count). The lowest BCUT2D eigenvalue weighted by Crippen LogP contribution is -2.22. The molecule has 0 aromatic heterocycles. The number of hydrogen-bond donors (Lipinski definition) is 2. The Hall–Kier alpha value is -3.16. The average Bonchev–Trinajstić information content (AvgIpc) is 2.80. The van der Waals surface area contributed by atoms with Crippen LogP contribution in [-0.4, -0.2) is 31.3 Å². The highest BCUT2D eigenvalue weighted by Gasteiger charge is 2.18. The SMILES string of the molecule is COc1cc(OC)c(NC(=O)C(C)Sc2ccc(NC(=O)c3ccccc3C)cc2)cc1Cl. The Bertz CT molecular complexity index is 1150. The van der Waals surface area contributed by atoms with Crippen molar-refractivity contribution in [3.05, 3.63) is 76.8 Å². The summed E-state index contributed by atoms with van der Waals surface area (Å²) in [6, 6.07) is 18.0. The Balaban J connectivity index is 1.62. The van der Waals surface area contributed by atoms with Crippen LogP contribution in [0.1, 0.15) is 22.8 Å². The molecule has 0 saturated heterocycles. The summed E-state index contributed by atoms with van der Waals surface area (Å²) in [5.74, 6) is 0.559. The Morgan fingerprint density at radius 3 is 2.24 bits per heavy atom. The van der Waals surface area contributed by atoms with Crippen molar-refractivity contribution in [3.8, 4) is 11.5 Å². The van der Waals surface area contributed by atoms with Gasteiger partial charge in [-0.3, -0.25) is 9.59 Å². The summed E-state index contributed by atoms with van der Waals surface area (Å²) in [7, 11) is 3.02. The number of rotatable bonds is 8. The minimum Gasteiger partial charge on any atom is -0.495 e. The van der Waals surface area contributed by atoms with E-state index in [4.69, 9.17) is 21.1 Å². The fraction of sp³-hybridized carbons (Fsp3) is 0.200. The zero-order chi connectivity index (χ0) is 24.0. The van der Waals surface area contributed by atoms with E-state index in [-0.39, 0.29) is 17.1 Å². The first-order valence-corrected chi connectivity index (χ1v) is 11.4. The summed E-state index contributed by atoms with van der Waals surface area (Å²) in [5, 5.41) is 5.74. The number of amides is 2. The van der Waals surface area contributed by atoms with Crippen LogP contribution in [0.3, 0.4) is 0 Å². The third-order valence-electron chi connectivity index (χ3n) is 4.92. The molecule has 6 nitrogen and oxygen atoms in total. The summed E-state index contributed by atoms with van der Waals surface area (Å²) in [5.41, 5.74) is 2.70. The van der Waals surface area contributed by atoms with Crippen LogP contribution in [0.2, 0.25) is 5.02 Å². The topological polar surface area (TPSA) is 76.7 Å². The van der Waals surface area contributed by atoms with Gasteiger partial charge in [0.25, 0.3) is 5.91 Å². The Morgan fingerprint density at radius 1 is 0.939 bits per heavy atom. The van der Waals surface area contributed by atoms with Crippen LogP contribution in [0.15, 0.2) is 65.6 Å². The predicted molar refractivity (Wildman–Crippen MR) is 134 cm³/mol. The zero-order valence-corrected chi connectivity index (χ0v) is 20.3. The van der Waals surface area contributed by atoms with E-state index < -0.39 is 0 Å². The van der Waals surface area contributed by atoms with Crippen LogP contribution in [-0.2, 0) is 4.79 Å². The van der Waals surface area contributed by atoms with Crippen LogP contribution in [0, 0.1) is 6.92 Å². The highest BCUT2D eigenvalue weighted by Crippen LogP contribution is 2.36. The number of aryl methyl sites for hydroxylation is 1. The van der Waals surface area contributed by atoms with E-state index in [1.54, 1.807) is 18.2 Å². The molecule has 1 unspecified atom stereocenters. The number of carbonyl (C=O) groups is 2. The molecule has 0 bridgehead atoms. The largest absolute Gasteiger partial charge is 0.495 e. The van der Waals surface area contributed by atoms with Crippen molar-refractivity contribution in [1.82, 2.24) is 0 Å². The van der Waals surface area contributed by atoms with Gasteiger partial charge >= 0.3 is 0 Å². The third-order valence-corrected chi connectivity index (χ3v) is 6.32. The van der Waals surface area contributed by atoms with Crippen LogP contribution in [0.4, 0.5) is 11.4 Å². The molecule has 0 aliphatic heterocycles. The number of thioether (sulfide) groups is 1. The molecule has 0 fully saturated rings. The molecule has 0 aliphatic rings. The zero-order valence-electron chi connectivity index (χ0n) is 18.8. The van der Waals surface area contributed by atoms with Crippen molar-refractivity contribution in [2.45, 2.75) is 24.0 Å². The lowest BCUT2D eigenvalue weighted by molar-refractivity contribution is -0.115. The van der Waals surface area contributed by atoms with E-state index in [9.17, 15) is 9.59 Å². The van der Waals surface area contributed by atoms with Gasteiger partial charge in [-0.15, -0.1) is 11.8 Å². The highest BCUT2D eigenvalue weighted by atomic mass is 35.5. The molecule has 3 aromatic rings. The molecule has 1 atom stereocenters. The van der Waals surface area contributed by atoms with Crippen LogP contribution in [0.5, 0.6) is 11.5 Å². The van der Waals surface area contributed by atoms with E-state index >= 15 is 0 Å². The maximum Gasteiger partial charge on any atom is 0.255 e. The first kappa shape index (κ1) is 24.5. The van der Waals surface area contributed by atoms with Gasteiger partial charge in [0, 0.05) is 22.2 Å². The average molecular weight is 485 g/mol. The minimum absolute atomic E-state index is 0.159. The third kappa shape index (κ3) is 6.21. The van der Waals surface area contributed by atoms with Crippen molar-refractivity contribution in [1.29, 1.82) is 0 Å². The number of halogens is 1. The van der Waals surface area contributed by atoms with Gasteiger partial charge in [-0.1, -0.05) is 29.8 Å². The number of hydrogen-bond acceptors (Lipinski definition) is 5. The first-order chi connectivity index (χ1) is 15.8. The summed E-state index contributed by atoms with van der Waals surface area (Å²) < 4.78 is 10.5. The molecule has 0 spiro atoms. The monoisotopic (exact) mass is 484 g/mol. The van der Waals surface area contributed by atoms with Gasteiger partial charge in [0.1, 0.15) is 11.5 Å². The molecule has 0 heterocycles. The molecule has 172 valence electrons. The van der Waals surface area contributed by atoms with Crippen LogP contribution in [0.25, 0.3) is 0 Å². The number of carbonyl (C=O) groups excluding carboxylic acids is 2. The van der Waals surface area contributed by atoms with Gasteiger partial charge in [0.2, 0.25) is 5.91 Å². The molecular weight excluding hydrogens is 460 g/mol. The van der Waals surface area contributed by atoms with Gasteiger partial charge in [0.05, 0.1) is 30.2 Å².